The number of carbonyl (C=O) groups is 1. The number of nitrogens with one attached hydrogen (secondary N) is 1. The molecule has 2 amide bonds. The molecule has 92 valence electrons. The molecule has 1 aliphatic rings. The van der Waals surface area contributed by atoms with Gasteiger partial charge >= 0.3 is 6.03 Å². The number of piperazine rings is 1. The minimum Gasteiger partial charge on any atom is -0.322 e. The second-order valence-electron chi connectivity index (χ2n) is 4.23. The van der Waals surface area contributed by atoms with Crippen molar-refractivity contribution in [2.75, 3.05) is 38.5 Å². The van der Waals surface area contributed by atoms with Crippen molar-refractivity contribution in [1.29, 1.82) is 0 Å². The van der Waals surface area contributed by atoms with Gasteiger partial charge < -0.3 is 15.1 Å². The first-order valence-corrected chi connectivity index (χ1v) is 5.65. The molecule has 0 aromatic heterocycles. The topological polar surface area (TPSA) is 35.6 Å². The van der Waals surface area contributed by atoms with Crippen molar-refractivity contribution in [2.45, 2.75) is 0 Å². The molecule has 1 saturated heterocycles. The van der Waals surface area contributed by atoms with E-state index in [0.717, 1.165) is 26.2 Å². The van der Waals surface area contributed by atoms with Gasteiger partial charge in [-0.3, -0.25) is 0 Å². The molecule has 0 radical (unpaired) electrons. The van der Waals surface area contributed by atoms with Gasteiger partial charge in [-0.2, -0.15) is 0 Å². The highest BCUT2D eigenvalue weighted by molar-refractivity contribution is 5.89. The Bertz CT molecular complexity index is 385. The standard InChI is InChI=1S/C12H16FN3O/c1-15-6-8-16(9-7-15)12(17)14-11-4-2-10(13)3-5-11/h2-5H,6-9H2,1H3,(H,14,17). The minimum atomic E-state index is -0.303. The van der Waals surface area contributed by atoms with Crippen LogP contribution in [-0.2, 0) is 0 Å². The SMILES string of the molecule is CN1CCN(C(=O)Nc2ccc(F)cc2)CC1. The second-order valence-corrected chi connectivity index (χ2v) is 4.23. The number of halogens is 1. The number of carbonyl (C=O) groups excluding carboxylic acids is 1. The number of nitrogens with zero attached hydrogens (tertiary/aromatic N) is 2. The van der Waals surface area contributed by atoms with Gasteiger partial charge in [0, 0.05) is 31.9 Å². The summed E-state index contributed by atoms with van der Waals surface area (Å²) in [4.78, 5) is 15.8. The third kappa shape index (κ3) is 3.17. The van der Waals surface area contributed by atoms with Gasteiger partial charge in [0.15, 0.2) is 0 Å². The predicted molar refractivity (Wildman–Crippen MR) is 64.5 cm³/mol. The molecule has 0 aliphatic carbocycles. The highest BCUT2D eigenvalue weighted by Crippen LogP contribution is 2.10. The van der Waals surface area contributed by atoms with Crippen LogP contribution >= 0.6 is 0 Å². The normalized spacial score (nSPS) is 16.9. The smallest absolute Gasteiger partial charge is 0.321 e. The second kappa shape index (κ2) is 5.14. The molecule has 1 aliphatic heterocycles. The number of urea groups is 1. The first kappa shape index (κ1) is 11.9. The van der Waals surface area contributed by atoms with Gasteiger partial charge in [-0.25, -0.2) is 9.18 Å². The lowest BCUT2D eigenvalue weighted by molar-refractivity contribution is 0.164. The summed E-state index contributed by atoms with van der Waals surface area (Å²) in [5.41, 5.74) is 0.621. The zero-order valence-corrected chi connectivity index (χ0v) is 9.82. The van der Waals surface area contributed by atoms with E-state index in [1.807, 2.05) is 7.05 Å². The Balaban J connectivity index is 1.90. The van der Waals surface area contributed by atoms with Crippen molar-refractivity contribution in [1.82, 2.24) is 9.80 Å². The Morgan fingerprint density at radius 2 is 1.76 bits per heavy atom. The summed E-state index contributed by atoms with van der Waals surface area (Å²) in [7, 11) is 2.04. The van der Waals surface area contributed by atoms with Crippen molar-refractivity contribution < 1.29 is 9.18 Å². The zero-order chi connectivity index (χ0) is 12.3. The van der Waals surface area contributed by atoms with E-state index >= 15 is 0 Å². The molecule has 1 aromatic carbocycles. The van der Waals surface area contributed by atoms with Crippen LogP contribution in [-0.4, -0.2) is 49.1 Å². The summed E-state index contributed by atoms with van der Waals surface area (Å²) < 4.78 is 12.7. The van der Waals surface area contributed by atoms with E-state index in [0.29, 0.717) is 5.69 Å². The molecule has 17 heavy (non-hydrogen) atoms. The van der Waals surface area contributed by atoms with Crippen molar-refractivity contribution in [3.63, 3.8) is 0 Å². The van der Waals surface area contributed by atoms with E-state index in [2.05, 4.69) is 10.2 Å². The molecule has 0 atom stereocenters. The maximum atomic E-state index is 12.7. The van der Waals surface area contributed by atoms with Gasteiger partial charge in [0.2, 0.25) is 0 Å². The molecule has 5 heteroatoms. The number of likely N-dealkylation sites (N-methyl/N-ethyl adjacent to an activating group) is 1. The summed E-state index contributed by atoms with van der Waals surface area (Å²) in [6, 6.07) is 5.66. The van der Waals surface area contributed by atoms with Crippen LogP contribution in [0.1, 0.15) is 0 Å². The summed E-state index contributed by atoms with van der Waals surface area (Å²) in [6.07, 6.45) is 0. The number of hydrogen-bond donors (Lipinski definition) is 1. The molecular weight excluding hydrogens is 221 g/mol. The lowest BCUT2D eigenvalue weighted by atomic mass is 10.3. The monoisotopic (exact) mass is 237 g/mol. The fraction of sp³-hybridized carbons (Fsp3) is 0.417. The maximum Gasteiger partial charge on any atom is 0.321 e. The zero-order valence-electron chi connectivity index (χ0n) is 9.82. The molecular formula is C12H16FN3O. The molecule has 1 fully saturated rings. The Morgan fingerprint density at radius 1 is 1.18 bits per heavy atom. The molecule has 0 spiro atoms. The van der Waals surface area contributed by atoms with E-state index in [4.69, 9.17) is 0 Å². The van der Waals surface area contributed by atoms with Gasteiger partial charge in [-0.15, -0.1) is 0 Å². The van der Waals surface area contributed by atoms with Gasteiger partial charge in [0.1, 0.15) is 5.82 Å². The molecule has 1 aromatic rings. The molecule has 0 saturated carbocycles. The van der Waals surface area contributed by atoms with Crippen LogP contribution in [0, 0.1) is 5.82 Å². The van der Waals surface area contributed by atoms with E-state index in [9.17, 15) is 9.18 Å². The van der Waals surface area contributed by atoms with Gasteiger partial charge in [-0.05, 0) is 31.3 Å². The Hall–Kier alpha value is -1.62. The van der Waals surface area contributed by atoms with Gasteiger partial charge in [0.25, 0.3) is 0 Å². The predicted octanol–water partition coefficient (Wildman–Crippen LogP) is 1.60. The number of rotatable bonds is 1. The highest BCUT2D eigenvalue weighted by Gasteiger charge is 2.18. The number of hydrogen-bond acceptors (Lipinski definition) is 2. The Labute approximate surface area is 100 Å². The first-order valence-electron chi connectivity index (χ1n) is 5.65. The van der Waals surface area contributed by atoms with E-state index in [1.165, 1.54) is 12.1 Å². The third-order valence-corrected chi connectivity index (χ3v) is 2.89. The summed E-state index contributed by atoms with van der Waals surface area (Å²) >= 11 is 0. The fourth-order valence-corrected chi connectivity index (χ4v) is 1.75. The average Bonchev–Trinajstić information content (AvgIpc) is 2.33. The average molecular weight is 237 g/mol. The molecule has 4 nitrogen and oxygen atoms in total. The van der Waals surface area contributed by atoms with Crippen molar-refractivity contribution in [3.8, 4) is 0 Å². The summed E-state index contributed by atoms with van der Waals surface area (Å²) in [5.74, 6) is -0.303. The minimum absolute atomic E-state index is 0.121. The largest absolute Gasteiger partial charge is 0.322 e. The maximum absolute atomic E-state index is 12.7. The number of benzene rings is 1. The summed E-state index contributed by atoms with van der Waals surface area (Å²) in [6.45, 7) is 3.22. The van der Waals surface area contributed by atoms with Crippen molar-refractivity contribution >= 4 is 11.7 Å². The fourth-order valence-electron chi connectivity index (χ4n) is 1.75. The number of anilines is 1. The van der Waals surface area contributed by atoms with Crippen LogP contribution < -0.4 is 5.32 Å². The Kier molecular flexibility index (Phi) is 3.58. The van der Waals surface area contributed by atoms with Crippen molar-refractivity contribution in [3.05, 3.63) is 30.1 Å². The van der Waals surface area contributed by atoms with Crippen LogP contribution in [0.25, 0.3) is 0 Å². The molecule has 0 bridgehead atoms. The quantitative estimate of drug-likeness (QED) is 0.805. The van der Waals surface area contributed by atoms with E-state index < -0.39 is 0 Å². The van der Waals surface area contributed by atoms with Gasteiger partial charge in [0.05, 0.1) is 0 Å². The lowest BCUT2D eigenvalue weighted by Gasteiger charge is -2.32. The van der Waals surface area contributed by atoms with Crippen LogP contribution in [0.2, 0.25) is 0 Å². The van der Waals surface area contributed by atoms with Crippen LogP contribution in [0.4, 0.5) is 14.9 Å². The first-order chi connectivity index (χ1) is 8.15. The molecule has 0 unspecified atom stereocenters. The van der Waals surface area contributed by atoms with Crippen LogP contribution in [0.5, 0.6) is 0 Å². The van der Waals surface area contributed by atoms with Crippen LogP contribution in [0.15, 0.2) is 24.3 Å². The van der Waals surface area contributed by atoms with E-state index in [-0.39, 0.29) is 11.8 Å². The summed E-state index contributed by atoms with van der Waals surface area (Å²) in [5, 5.41) is 2.76. The van der Waals surface area contributed by atoms with Gasteiger partial charge in [-0.1, -0.05) is 0 Å². The molecule has 1 N–H and O–H groups in total. The lowest BCUT2D eigenvalue weighted by Crippen LogP contribution is -2.48. The van der Waals surface area contributed by atoms with E-state index in [1.54, 1.807) is 17.0 Å². The number of amides is 2. The molecule has 2 rings (SSSR count). The van der Waals surface area contributed by atoms with Crippen molar-refractivity contribution in [2.24, 2.45) is 0 Å². The third-order valence-electron chi connectivity index (χ3n) is 2.89. The van der Waals surface area contributed by atoms with Crippen LogP contribution in [0.3, 0.4) is 0 Å². The Morgan fingerprint density at radius 3 is 2.35 bits per heavy atom. The highest BCUT2D eigenvalue weighted by atomic mass is 19.1. The molecule has 1 heterocycles.